The molecule has 0 saturated heterocycles. The van der Waals surface area contributed by atoms with Crippen LogP contribution in [0.5, 0.6) is 0 Å². The summed E-state index contributed by atoms with van der Waals surface area (Å²) in [6.45, 7) is 0. The number of hydrogen-bond acceptors (Lipinski definition) is 4. The second-order valence-corrected chi connectivity index (χ2v) is 7.27. The molecule has 7 heteroatoms. The lowest BCUT2D eigenvalue weighted by atomic mass is 10.2. The van der Waals surface area contributed by atoms with Gasteiger partial charge in [-0.05, 0) is 29.0 Å². The van der Waals surface area contributed by atoms with Gasteiger partial charge in [-0.3, -0.25) is 4.79 Å². The molecule has 0 bridgehead atoms. The summed E-state index contributed by atoms with van der Waals surface area (Å²) in [4.78, 5) is 12.6. The number of carbonyl (C=O) groups is 1. The van der Waals surface area contributed by atoms with Crippen LogP contribution in [0.2, 0.25) is 5.02 Å². The van der Waals surface area contributed by atoms with Crippen LogP contribution in [0.25, 0.3) is 10.1 Å². The molecular formula is C14H8BrClN2OS2. The number of fused-ring (bicyclic) bond motifs is 1. The van der Waals surface area contributed by atoms with E-state index in [4.69, 9.17) is 11.6 Å². The molecule has 0 aliphatic carbocycles. The van der Waals surface area contributed by atoms with Crippen LogP contribution in [0.1, 0.15) is 15.2 Å². The predicted molar refractivity (Wildman–Crippen MR) is 93.9 cm³/mol. The number of nitrogens with one attached hydrogen (secondary N) is 1. The first-order valence-corrected chi connectivity index (χ1v) is 8.81. The van der Waals surface area contributed by atoms with Gasteiger partial charge in [-0.25, -0.2) is 5.43 Å². The molecule has 0 aliphatic rings. The maximum Gasteiger partial charge on any atom is 0.283 e. The van der Waals surface area contributed by atoms with Crippen LogP contribution in [0, 0.1) is 0 Å². The zero-order valence-electron chi connectivity index (χ0n) is 10.5. The highest BCUT2D eigenvalue weighted by Crippen LogP contribution is 2.36. The van der Waals surface area contributed by atoms with E-state index in [1.54, 1.807) is 17.6 Å². The van der Waals surface area contributed by atoms with Crippen molar-refractivity contribution in [2.45, 2.75) is 0 Å². The second-order valence-electron chi connectivity index (χ2n) is 4.14. The zero-order valence-corrected chi connectivity index (χ0v) is 14.4. The first-order valence-electron chi connectivity index (χ1n) is 5.88. The molecule has 1 amide bonds. The normalized spacial score (nSPS) is 11.3. The van der Waals surface area contributed by atoms with Gasteiger partial charge < -0.3 is 0 Å². The smallest absolute Gasteiger partial charge is 0.266 e. The van der Waals surface area contributed by atoms with E-state index in [9.17, 15) is 4.79 Å². The van der Waals surface area contributed by atoms with Crippen molar-refractivity contribution in [1.29, 1.82) is 0 Å². The Balaban J connectivity index is 1.83. The quantitative estimate of drug-likeness (QED) is 0.480. The number of carbonyl (C=O) groups excluding carboxylic acids is 1. The number of halogens is 2. The molecule has 0 aliphatic heterocycles. The third-order valence-electron chi connectivity index (χ3n) is 2.72. The summed E-state index contributed by atoms with van der Waals surface area (Å²) in [5.41, 5.74) is 3.45. The molecule has 106 valence electrons. The molecule has 0 spiro atoms. The number of rotatable bonds is 3. The van der Waals surface area contributed by atoms with E-state index < -0.39 is 0 Å². The van der Waals surface area contributed by atoms with E-state index in [2.05, 4.69) is 26.5 Å². The predicted octanol–water partition coefficient (Wildman–Crippen LogP) is 5.14. The van der Waals surface area contributed by atoms with Crippen molar-refractivity contribution in [3.05, 3.63) is 55.0 Å². The van der Waals surface area contributed by atoms with Crippen molar-refractivity contribution in [2.24, 2.45) is 5.10 Å². The largest absolute Gasteiger partial charge is 0.283 e. The SMILES string of the molecule is O=C(N/N=C/c1ccsc1)c1sc2cc(Br)ccc2c1Cl. The lowest BCUT2D eigenvalue weighted by Gasteiger charge is -1.96. The highest BCUT2D eigenvalue weighted by molar-refractivity contribution is 9.10. The Bertz CT molecular complexity index is 827. The summed E-state index contributed by atoms with van der Waals surface area (Å²) >= 11 is 12.6. The van der Waals surface area contributed by atoms with E-state index >= 15 is 0 Å². The average molecular weight is 400 g/mol. The highest BCUT2D eigenvalue weighted by atomic mass is 79.9. The van der Waals surface area contributed by atoms with Gasteiger partial charge in [0.25, 0.3) is 5.91 Å². The summed E-state index contributed by atoms with van der Waals surface area (Å²) in [5, 5.41) is 9.17. The van der Waals surface area contributed by atoms with E-state index in [1.807, 2.05) is 35.0 Å². The maximum atomic E-state index is 12.1. The molecule has 1 aromatic carbocycles. The maximum absolute atomic E-state index is 12.1. The molecule has 0 atom stereocenters. The topological polar surface area (TPSA) is 41.5 Å². The lowest BCUT2D eigenvalue weighted by Crippen LogP contribution is -2.16. The van der Waals surface area contributed by atoms with Crippen molar-refractivity contribution in [3.8, 4) is 0 Å². The fraction of sp³-hybridized carbons (Fsp3) is 0. The first kappa shape index (κ1) is 14.7. The van der Waals surface area contributed by atoms with Gasteiger partial charge in [-0.2, -0.15) is 16.4 Å². The van der Waals surface area contributed by atoms with Crippen LogP contribution in [0.15, 0.2) is 44.6 Å². The fourth-order valence-corrected chi connectivity index (χ4v) is 4.32. The van der Waals surface area contributed by atoms with Gasteiger partial charge in [-0.15, -0.1) is 11.3 Å². The third kappa shape index (κ3) is 3.18. The molecule has 3 aromatic rings. The van der Waals surface area contributed by atoms with Gasteiger partial charge in [0.05, 0.1) is 11.2 Å². The average Bonchev–Trinajstić information content (AvgIpc) is 3.07. The van der Waals surface area contributed by atoms with Crippen molar-refractivity contribution >= 4 is 72.4 Å². The van der Waals surface area contributed by atoms with E-state index in [0.29, 0.717) is 9.90 Å². The van der Waals surface area contributed by atoms with Crippen molar-refractivity contribution in [2.75, 3.05) is 0 Å². The highest BCUT2D eigenvalue weighted by Gasteiger charge is 2.16. The molecule has 2 aromatic heterocycles. The van der Waals surface area contributed by atoms with Crippen LogP contribution in [-0.2, 0) is 0 Å². The number of thiophene rings is 2. The summed E-state index contributed by atoms with van der Waals surface area (Å²) in [5.74, 6) is -0.302. The molecule has 21 heavy (non-hydrogen) atoms. The van der Waals surface area contributed by atoms with E-state index in [1.165, 1.54) is 11.3 Å². The van der Waals surface area contributed by atoms with Crippen LogP contribution in [-0.4, -0.2) is 12.1 Å². The number of nitrogens with zero attached hydrogens (tertiary/aromatic N) is 1. The summed E-state index contributed by atoms with van der Waals surface area (Å²) in [6.07, 6.45) is 1.60. The number of hydrogen-bond donors (Lipinski definition) is 1. The second kappa shape index (κ2) is 6.27. The zero-order chi connectivity index (χ0) is 14.8. The number of hydrazone groups is 1. The molecule has 3 rings (SSSR count). The Labute approximate surface area is 142 Å². The van der Waals surface area contributed by atoms with E-state index in [0.717, 1.165) is 20.1 Å². The van der Waals surface area contributed by atoms with Crippen LogP contribution < -0.4 is 5.43 Å². The number of amides is 1. The molecule has 2 heterocycles. The third-order valence-corrected chi connectivity index (χ3v) is 5.57. The molecule has 3 nitrogen and oxygen atoms in total. The molecule has 0 saturated carbocycles. The lowest BCUT2D eigenvalue weighted by molar-refractivity contribution is 0.0959. The van der Waals surface area contributed by atoms with Crippen molar-refractivity contribution in [1.82, 2.24) is 5.43 Å². The summed E-state index contributed by atoms with van der Waals surface area (Å²) < 4.78 is 1.91. The Hall–Kier alpha value is -1.21. The summed E-state index contributed by atoms with van der Waals surface area (Å²) in [6, 6.07) is 7.66. The first-order chi connectivity index (χ1) is 10.1. The minimum atomic E-state index is -0.302. The molecular weight excluding hydrogens is 392 g/mol. The molecule has 0 unspecified atom stereocenters. The Morgan fingerprint density at radius 1 is 1.38 bits per heavy atom. The van der Waals surface area contributed by atoms with Crippen LogP contribution >= 0.6 is 50.2 Å². The van der Waals surface area contributed by atoms with Crippen molar-refractivity contribution in [3.63, 3.8) is 0 Å². The molecule has 0 fully saturated rings. The monoisotopic (exact) mass is 398 g/mol. The molecule has 0 radical (unpaired) electrons. The van der Waals surface area contributed by atoms with E-state index in [-0.39, 0.29) is 5.91 Å². The van der Waals surface area contributed by atoms with Gasteiger partial charge in [0.2, 0.25) is 0 Å². The van der Waals surface area contributed by atoms with Gasteiger partial charge in [0.1, 0.15) is 4.88 Å². The number of benzene rings is 1. The Morgan fingerprint density at radius 2 is 2.24 bits per heavy atom. The summed E-state index contributed by atoms with van der Waals surface area (Å²) in [7, 11) is 0. The fourth-order valence-electron chi connectivity index (χ4n) is 1.75. The van der Waals surface area contributed by atoms with Gasteiger partial charge in [0, 0.05) is 20.1 Å². The Kier molecular flexibility index (Phi) is 4.40. The van der Waals surface area contributed by atoms with Crippen LogP contribution in [0.3, 0.4) is 0 Å². The van der Waals surface area contributed by atoms with Gasteiger partial charge in [-0.1, -0.05) is 33.6 Å². The van der Waals surface area contributed by atoms with Crippen LogP contribution in [0.4, 0.5) is 0 Å². The van der Waals surface area contributed by atoms with Gasteiger partial charge in [0.15, 0.2) is 0 Å². The van der Waals surface area contributed by atoms with Crippen molar-refractivity contribution < 1.29 is 4.79 Å². The standard InChI is InChI=1S/C14H8BrClN2OS2/c15-9-1-2-10-11(5-9)21-13(12(10)16)14(19)18-17-6-8-3-4-20-7-8/h1-7H,(H,18,19)/b17-6+. The minimum Gasteiger partial charge on any atom is -0.266 e. The minimum absolute atomic E-state index is 0.302. The Morgan fingerprint density at radius 3 is 3.00 bits per heavy atom. The molecule has 1 N–H and O–H groups in total. The van der Waals surface area contributed by atoms with Gasteiger partial charge >= 0.3 is 0 Å².